The molecule has 6 nitrogen and oxygen atoms in total. The number of benzene rings is 2. The third kappa shape index (κ3) is 6.76. The van der Waals surface area contributed by atoms with Crippen LogP contribution in [0.15, 0.2) is 59.5 Å². The molecule has 2 aromatic rings. The lowest BCUT2D eigenvalue weighted by molar-refractivity contribution is 0.111. The standard InChI is InChI=1S/C21H31N2O4PS/c1-16(2)14-23(29(25,26)19-11-9-18(27-3)10-12-19)15-21(24)20(22-28)13-17-7-5-4-6-8-17/h4-12,16,20-22,24H,13-15,28H2,1-3H3. The highest BCUT2D eigenvalue weighted by Gasteiger charge is 2.30. The van der Waals surface area contributed by atoms with Gasteiger partial charge < -0.3 is 9.84 Å². The number of hydrogen-bond acceptors (Lipinski definition) is 5. The van der Waals surface area contributed by atoms with Gasteiger partial charge in [-0.2, -0.15) is 4.31 Å². The van der Waals surface area contributed by atoms with Gasteiger partial charge in [0.2, 0.25) is 10.0 Å². The van der Waals surface area contributed by atoms with Gasteiger partial charge in [-0.15, -0.1) is 0 Å². The van der Waals surface area contributed by atoms with Crippen molar-refractivity contribution < 1.29 is 18.3 Å². The average Bonchev–Trinajstić information content (AvgIpc) is 2.71. The summed E-state index contributed by atoms with van der Waals surface area (Å²) in [6.07, 6.45) is -0.289. The van der Waals surface area contributed by atoms with Crippen molar-refractivity contribution in [3.8, 4) is 5.75 Å². The molecule has 0 saturated heterocycles. The molecular weight excluding hydrogens is 407 g/mol. The van der Waals surface area contributed by atoms with E-state index in [1.807, 2.05) is 44.2 Å². The lowest BCUT2D eigenvalue weighted by Crippen LogP contribution is -2.47. The Balaban J connectivity index is 2.21. The topological polar surface area (TPSA) is 78.9 Å². The highest BCUT2D eigenvalue weighted by molar-refractivity contribution is 7.89. The molecule has 2 rings (SSSR count). The molecule has 0 aliphatic heterocycles. The molecule has 29 heavy (non-hydrogen) atoms. The van der Waals surface area contributed by atoms with Gasteiger partial charge in [-0.05, 0) is 42.2 Å². The SMILES string of the molecule is COc1ccc(S(=O)(=O)N(CC(C)C)CC(O)C(Cc2ccccc2)NP)cc1. The van der Waals surface area contributed by atoms with Gasteiger partial charge in [0.05, 0.1) is 18.1 Å². The number of aliphatic hydroxyl groups is 1. The molecule has 2 N–H and O–H groups in total. The minimum absolute atomic E-state index is 0.00540. The Kier molecular flexibility index (Phi) is 9.05. The normalized spacial score (nSPS) is 14.2. The molecule has 0 aliphatic carbocycles. The van der Waals surface area contributed by atoms with Crippen LogP contribution in [0.2, 0.25) is 0 Å². The van der Waals surface area contributed by atoms with Gasteiger partial charge in [0.1, 0.15) is 5.75 Å². The number of aliphatic hydroxyl groups excluding tert-OH is 1. The molecule has 0 aliphatic rings. The summed E-state index contributed by atoms with van der Waals surface area (Å²) in [4.78, 5) is 0.185. The number of methoxy groups -OCH3 is 1. The van der Waals surface area contributed by atoms with Crippen molar-refractivity contribution in [1.82, 2.24) is 9.39 Å². The summed E-state index contributed by atoms with van der Waals surface area (Å²) in [5, 5.41) is 13.9. The van der Waals surface area contributed by atoms with E-state index >= 15 is 0 Å². The van der Waals surface area contributed by atoms with Crippen molar-refractivity contribution in [3.05, 3.63) is 60.2 Å². The maximum Gasteiger partial charge on any atom is 0.243 e. The summed E-state index contributed by atoms with van der Waals surface area (Å²) in [6, 6.07) is 15.8. The van der Waals surface area contributed by atoms with Crippen molar-refractivity contribution in [2.45, 2.75) is 37.3 Å². The van der Waals surface area contributed by atoms with Gasteiger partial charge in [-0.25, -0.2) is 8.42 Å². The zero-order valence-corrected chi connectivity index (χ0v) is 19.1. The number of rotatable bonds is 11. The molecule has 0 saturated carbocycles. The molecule has 0 bridgehead atoms. The maximum atomic E-state index is 13.2. The van der Waals surface area contributed by atoms with Gasteiger partial charge in [0, 0.05) is 19.1 Å². The van der Waals surface area contributed by atoms with Crippen molar-refractivity contribution >= 4 is 19.4 Å². The molecule has 3 unspecified atom stereocenters. The molecule has 0 fully saturated rings. The van der Waals surface area contributed by atoms with Crippen LogP contribution in [-0.2, 0) is 16.4 Å². The molecule has 3 atom stereocenters. The number of sulfonamides is 1. The third-order valence-corrected chi connectivity index (χ3v) is 6.91. The van der Waals surface area contributed by atoms with Crippen molar-refractivity contribution in [3.63, 3.8) is 0 Å². The van der Waals surface area contributed by atoms with Crippen LogP contribution in [0, 0.1) is 5.92 Å². The fourth-order valence-electron chi connectivity index (χ4n) is 3.08. The zero-order valence-electron chi connectivity index (χ0n) is 17.2. The summed E-state index contributed by atoms with van der Waals surface area (Å²) >= 11 is 0. The van der Waals surface area contributed by atoms with Crippen LogP contribution < -0.4 is 9.82 Å². The first-order valence-corrected chi connectivity index (χ1v) is 11.6. The smallest absolute Gasteiger partial charge is 0.243 e. The number of nitrogens with zero attached hydrogens (tertiary/aromatic N) is 1. The largest absolute Gasteiger partial charge is 0.497 e. The Morgan fingerprint density at radius 2 is 1.69 bits per heavy atom. The first-order valence-electron chi connectivity index (χ1n) is 9.60. The third-order valence-electron chi connectivity index (χ3n) is 4.63. The first-order chi connectivity index (χ1) is 13.8. The highest BCUT2D eigenvalue weighted by Crippen LogP contribution is 2.21. The zero-order chi connectivity index (χ0) is 21.4. The van der Waals surface area contributed by atoms with Gasteiger partial charge >= 0.3 is 0 Å². The second kappa shape index (κ2) is 11.0. The van der Waals surface area contributed by atoms with Crippen molar-refractivity contribution in [2.75, 3.05) is 20.2 Å². The summed E-state index contributed by atoms with van der Waals surface area (Å²) in [7, 11) is 0.214. The predicted octanol–water partition coefficient (Wildman–Crippen LogP) is 2.69. The summed E-state index contributed by atoms with van der Waals surface area (Å²) in [6.45, 7) is 4.24. The highest BCUT2D eigenvalue weighted by atomic mass is 32.2. The number of nitrogens with one attached hydrogen (secondary N) is 1. The van der Waals surface area contributed by atoms with E-state index in [0.717, 1.165) is 5.56 Å². The average molecular weight is 439 g/mol. The molecule has 0 heterocycles. The van der Waals surface area contributed by atoms with E-state index in [-0.39, 0.29) is 23.4 Å². The van der Waals surface area contributed by atoms with Crippen molar-refractivity contribution in [2.24, 2.45) is 5.92 Å². The van der Waals surface area contributed by atoms with Crippen LogP contribution >= 0.6 is 9.39 Å². The number of hydrogen-bond donors (Lipinski definition) is 2. The molecule has 0 spiro atoms. The Morgan fingerprint density at radius 3 is 2.21 bits per heavy atom. The number of ether oxygens (including phenoxy) is 1. The fourth-order valence-corrected chi connectivity index (χ4v) is 5.05. The van der Waals surface area contributed by atoms with E-state index in [1.54, 1.807) is 12.1 Å². The van der Waals surface area contributed by atoms with Gasteiger partial charge in [0.25, 0.3) is 0 Å². The van der Waals surface area contributed by atoms with Crippen molar-refractivity contribution in [1.29, 1.82) is 0 Å². The fraction of sp³-hybridized carbons (Fsp3) is 0.429. The van der Waals surface area contributed by atoms with E-state index in [4.69, 9.17) is 4.74 Å². The molecular formula is C21H31N2O4PS. The Morgan fingerprint density at radius 1 is 1.07 bits per heavy atom. The van der Waals surface area contributed by atoms with E-state index < -0.39 is 16.1 Å². The van der Waals surface area contributed by atoms with Crippen LogP contribution in [0.1, 0.15) is 19.4 Å². The lowest BCUT2D eigenvalue weighted by Gasteiger charge is -2.30. The van der Waals surface area contributed by atoms with E-state index in [9.17, 15) is 13.5 Å². The van der Waals surface area contributed by atoms with E-state index in [1.165, 1.54) is 23.5 Å². The first kappa shape index (κ1) is 23.8. The van der Waals surface area contributed by atoms with Crippen LogP contribution in [0.5, 0.6) is 5.75 Å². The molecule has 160 valence electrons. The van der Waals surface area contributed by atoms with Gasteiger partial charge in [-0.1, -0.05) is 53.6 Å². The summed E-state index contributed by atoms with van der Waals surface area (Å²) < 4.78 is 32.9. The van der Waals surface area contributed by atoms with E-state index in [0.29, 0.717) is 18.7 Å². The summed E-state index contributed by atoms with van der Waals surface area (Å²) in [5.74, 6) is 0.710. The molecule has 8 heteroatoms. The monoisotopic (exact) mass is 438 g/mol. The minimum Gasteiger partial charge on any atom is -0.497 e. The van der Waals surface area contributed by atoms with E-state index in [2.05, 4.69) is 14.5 Å². The van der Waals surface area contributed by atoms with Gasteiger partial charge in [0.15, 0.2) is 0 Å². The van der Waals surface area contributed by atoms with Crippen LogP contribution in [0.3, 0.4) is 0 Å². The molecule has 0 amide bonds. The summed E-state index contributed by atoms with van der Waals surface area (Å²) in [5.41, 5.74) is 1.07. The quantitative estimate of drug-likeness (QED) is 0.528. The predicted molar refractivity (Wildman–Crippen MR) is 119 cm³/mol. The molecule has 0 radical (unpaired) electrons. The van der Waals surface area contributed by atoms with Crippen LogP contribution in [-0.4, -0.2) is 50.2 Å². The van der Waals surface area contributed by atoms with Gasteiger partial charge in [-0.3, -0.25) is 5.09 Å². The minimum atomic E-state index is -3.75. The molecule has 2 aromatic carbocycles. The lowest BCUT2D eigenvalue weighted by atomic mass is 10.0. The Hall–Kier alpha value is -1.50. The second-order valence-electron chi connectivity index (χ2n) is 7.42. The Bertz CT molecular complexity index is 845. The second-order valence-corrected chi connectivity index (χ2v) is 9.69. The molecule has 0 aromatic heterocycles. The Labute approximate surface area is 176 Å². The van der Waals surface area contributed by atoms with Crippen LogP contribution in [0.4, 0.5) is 0 Å². The van der Waals surface area contributed by atoms with Crippen LogP contribution in [0.25, 0.3) is 0 Å². The maximum absolute atomic E-state index is 13.2.